The Bertz CT molecular complexity index is 650. The Labute approximate surface area is 128 Å². The van der Waals surface area contributed by atoms with Crippen LogP contribution in [-0.4, -0.2) is 34.8 Å². The number of aromatic amines is 1. The van der Waals surface area contributed by atoms with Crippen molar-refractivity contribution in [2.24, 2.45) is 0 Å². The molecule has 0 saturated carbocycles. The molecule has 0 bridgehead atoms. The molecule has 0 spiro atoms. The number of methoxy groups -OCH3 is 1. The van der Waals surface area contributed by atoms with Gasteiger partial charge in [-0.2, -0.15) is 5.10 Å². The van der Waals surface area contributed by atoms with Crippen LogP contribution in [0.25, 0.3) is 0 Å². The molecular weight excluding hydrogens is 284 g/mol. The number of rotatable bonds is 5. The van der Waals surface area contributed by atoms with Gasteiger partial charge in [0.15, 0.2) is 5.82 Å². The van der Waals surface area contributed by atoms with Crippen LogP contribution in [0, 0.1) is 0 Å². The number of nitrogens with one attached hydrogen (secondary N) is 2. The quantitative estimate of drug-likeness (QED) is 0.879. The molecule has 1 fully saturated rings. The van der Waals surface area contributed by atoms with Gasteiger partial charge in [-0.05, 0) is 24.5 Å². The van der Waals surface area contributed by atoms with Crippen molar-refractivity contribution in [3.63, 3.8) is 0 Å². The number of hydrogen-bond acceptors (Lipinski definition) is 5. The van der Waals surface area contributed by atoms with E-state index in [0.29, 0.717) is 11.7 Å². The number of ether oxygens (including phenoxy) is 2. The summed E-state index contributed by atoms with van der Waals surface area (Å²) in [5.74, 6) is 0.862. The maximum Gasteiger partial charge on any atom is 0.229 e. The molecule has 2 N–H and O–H groups in total. The van der Waals surface area contributed by atoms with Crippen molar-refractivity contribution in [2.45, 2.75) is 25.4 Å². The number of nitrogens with zero attached hydrogens (tertiary/aromatic N) is 2. The molecule has 22 heavy (non-hydrogen) atoms. The number of hydrogen-bond donors (Lipinski definition) is 2. The number of carbonyl (C=O) groups excluding carboxylic acids is 1. The van der Waals surface area contributed by atoms with Crippen molar-refractivity contribution in [1.82, 2.24) is 15.2 Å². The Kier molecular flexibility index (Phi) is 4.34. The predicted octanol–water partition coefficient (Wildman–Crippen LogP) is 1.85. The third-order valence-corrected chi connectivity index (χ3v) is 3.51. The van der Waals surface area contributed by atoms with Gasteiger partial charge in [0.1, 0.15) is 0 Å². The molecular formula is C15H18N4O3. The molecule has 7 nitrogen and oxygen atoms in total. The van der Waals surface area contributed by atoms with Crippen molar-refractivity contribution in [3.05, 3.63) is 35.7 Å². The average Bonchev–Trinajstić information content (AvgIpc) is 3.18. The van der Waals surface area contributed by atoms with Crippen LogP contribution in [0.1, 0.15) is 30.2 Å². The molecule has 116 valence electrons. The van der Waals surface area contributed by atoms with E-state index in [-0.39, 0.29) is 18.4 Å². The number of amides is 1. The monoisotopic (exact) mass is 302 g/mol. The van der Waals surface area contributed by atoms with E-state index in [0.717, 1.165) is 30.7 Å². The highest BCUT2D eigenvalue weighted by Gasteiger charge is 2.20. The molecule has 3 heterocycles. The van der Waals surface area contributed by atoms with Gasteiger partial charge in [-0.25, -0.2) is 4.98 Å². The van der Waals surface area contributed by atoms with E-state index in [2.05, 4.69) is 20.5 Å². The normalized spacial score (nSPS) is 17.4. The highest BCUT2D eigenvalue weighted by molar-refractivity contribution is 5.91. The average molecular weight is 302 g/mol. The zero-order valence-corrected chi connectivity index (χ0v) is 12.3. The molecule has 0 radical (unpaired) electrons. The van der Waals surface area contributed by atoms with Crippen LogP contribution in [-0.2, 0) is 16.0 Å². The molecule has 0 aromatic carbocycles. The number of pyridine rings is 1. The molecule has 1 atom stereocenters. The second kappa shape index (κ2) is 6.57. The van der Waals surface area contributed by atoms with Gasteiger partial charge in [0.25, 0.3) is 0 Å². The summed E-state index contributed by atoms with van der Waals surface area (Å²) in [7, 11) is 1.54. The van der Waals surface area contributed by atoms with Gasteiger partial charge >= 0.3 is 0 Å². The molecule has 7 heteroatoms. The van der Waals surface area contributed by atoms with E-state index >= 15 is 0 Å². The Morgan fingerprint density at radius 3 is 3.23 bits per heavy atom. The van der Waals surface area contributed by atoms with Crippen LogP contribution in [0.4, 0.5) is 5.82 Å². The lowest BCUT2D eigenvalue weighted by atomic mass is 10.2. The largest absolute Gasteiger partial charge is 0.481 e. The Morgan fingerprint density at radius 2 is 2.45 bits per heavy atom. The van der Waals surface area contributed by atoms with Crippen LogP contribution >= 0.6 is 0 Å². The Balaban J connectivity index is 1.59. The summed E-state index contributed by atoms with van der Waals surface area (Å²) >= 11 is 0. The van der Waals surface area contributed by atoms with Gasteiger partial charge in [0.05, 0.1) is 25.3 Å². The summed E-state index contributed by atoms with van der Waals surface area (Å²) < 4.78 is 10.6. The Hall–Kier alpha value is -2.41. The van der Waals surface area contributed by atoms with Gasteiger partial charge in [-0.1, -0.05) is 0 Å². The molecule has 2 aromatic rings. The van der Waals surface area contributed by atoms with Crippen molar-refractivity contribution < 1.29 is 14.3 Å². The van der Waals surface area contributed by atoms with Gasteiger partial charge in [0, 0.05) is 24.9 Å². The summed E-state index contributed by atoms with van der Waals surface area (Å²) in [6.45, 7) is 0.773. The molecule has 0 aliphatic carbocycles. The van der Waals surface area contributed by atoms with Gasteiger partial charge in [-0.3, -0.25) is 9.89 Å². The number of carbonyl (C=O) groups is 1. The minimum atomic E-state index is -0.140. The fourth-order valence-electron chi connectivity index (χ4n) is 2.43. The highest BCUT2D eigenvalue weighted by Crippen LogP contribution is 2.28. The van der Waals surface area contributed by atoms with Crippen LogP contribution in [0.3, 0.4) is 0 Å². The zero-order chi connectivity index (χ0) is 15.4. The van der Waals surface area contributed by atoms with Crippen molar-refractivity contribution in [3.8, 4) is 5.88 Å². The fourth-order valence-corrected chi connectivity index (χ4v) is 2.43. The lowest BCUT2D eigenvalue weighted by Gasteiger charge is -2.05. The smallest absolute Gasteiger partial charge is 0.229 e. The maximum atomic E-state index is 12.1. The summed E-state index contributed by atoms with van der Waals surface area (Å²) in [5, 5.41) is 9.79. The first-order valence-corrected chi connectivity index (χ1v) is 7.20. The second-order valence-electron chi connectivity index (χ2n) is 5.14. The summed E-state index contributed by atoms with van der Waals surface area (Å²) in [6.07, 6.45) is 3.94. The molecule has 1 aliphatic heterocycles. The summed E-state index contributed by atoms with van der Waals surface area (Å²) in [4.78, 5) is 16.1. The number of aromatic nitrogens is 3. The molecule has 3 rings (SSSR count). The third kappa shape index (κ3) is 3.43. The van der Waals surface area contributed by atoms with Crippen LogP contribution in [0.2, 0.25) is 0 Å². The van der Waals surface area contributed by atoms with Gasteiger partial charge in [-0.15, -0.1) is 0 Å². The predicted molar refractivity (Wildman–Crippen MR) is 79.6 cm³/mol. The molecule has 1 saturated heterocycles. The van der Waals surface area contributed by atoms with E-state index in [1.54, 1.807) is 25.4 Å². The van der Waals surface area contributed by atoms with E-state index in [9.17, 15) is 4.79 Å². The zero-order valence-electron chi connectivity index (χ0n) is 12.3. The SMILES string of the molecule is COc1cc(CC(=O)Nc2cc([C@H]3CCCO3)[nH]n2)ccn1. The first kappa shape index (κ1) is 14.5. The van der Waals surface area contributed by atoms with Crippen molar-refractivity contribution in [2.75, 3.05) is 19.0 Å². The standard InChI is InChI=1S/C15H18N4O3/c1-21-15-8-10(4-5-16-15)7-14(20)17-13-9-11(18-19-13)12-3-2-6-22-12/h4-5,8-9,12H,2-3,6-7H2,1H3,(H2,17,18,19,20)/t12-/m1/s1. The number of H-pyrrole nitrogens is 1. The maximum absolute atomic E-state index is 12.1. The van der Waals surface area contributed by atoms with Gasteiger partial charge < -0.3 is 14.8 Å². The van der Waals surface area contributed by atoms with E-state index in [1.807, 2.05) is 6.07 Å². The molecule has 1 aliphatic rings. The van der Waals surface area contributed by atoms with E-state index < -0.39 is 0 Å². The van der Waals surface area contributed by atoms with Crippen LogP contribution in [0.15, 0.2) is 24.4 Å². The lowest BCUT2D eigenvalue weighted by molar-refractivity contribution is -0.115. The Morgan fingerprint density at radius 1 is 1.55 bits per heavy atom. The first-order valence-electron chi connectivity index (χ1n) is 7.20. The minimum absolute atomic E-state index is 0.0580. The van der Waals surface area contributed by atoms with E-state index in [1.165, 1.54) is 0 Å². The first-order chi connectivity index (χ1) is 10.7. The second-order valence-corrected chi connectivity index (χ2v) is 5.14. The van der Waals surface area contributed by atoms with Gasteiger partial charge in [0.2, 0.25) is 11.8 Å². The van der Waals surface area contributed by atoms with Crippen LogP contribution in [0.5, 0.6) is 5.88 Å². The van der Waals surface area contributed by atoms with Crippen molar-refractivity contribution in [1.29, 1.82) is 0 Å². The molecule has 0 unspecified atom stereocenters. The van der Waals surface area contributed by atoms with Crippen molar-refractivity contribution >= 4 is 11.7 Å². The summed E-state index contributed by atoms with van der Waals surface area (Å²) in [5.41, 5.74) is 1.73. The van der Waals surface area contributed by atoms with E-state index in [4.69, 9.17) is 9.47 Å². The topological polar surface area (TPSA) is 89.1 Å². The summed E-state index contributed by atoms with van der Waals surface area (Å²) in [6, 6.07) is 5.34. The fraction of sp³-hybridized carbons (Fsp3) is 0.400. The molecule has 1 amide bonds. The molecule has 2 aromatic heterocycles. The minimum Gasteiger partial charge on any atom is -0.481 e. The highest BCUT2D eigenvalue weighted by atomic mass is 16.5. The third-order valence-electron chi connectivity index (χ3n) is 3.51. The lowest BCUT2D eigenvalue weighted by Crippen LogP contribution is -2.14. The number of anilines is 1. The van der Waals surface area contributed by atoms with Crippen LogP contribution < -0.4 is 10.1 Å².